The van der Waals surface area contributed by atoms with Gasteiger partial charge in [-0.1, -0.05) is 23.2 Å². The summed E-state index contributed by atoms with van der Waals surface area (Å²) in [6, 6.07) is 10.2. The Morgan fingerprint density at radius 1 is 0.958 bits per heavy atom. The summed E-state index contributed by atoms with van der Waals surface area (Å²) in [5.41, 5.74) is 0.948. The summed E-state index contributed by atoms with van der Waals surface area (Å²) in [5.74, 6) is -1.71. The number of rotatable bonds is 4. The van der Waals surface area contributed by atoms with Crippen LogP contribution in [0.3, 0.4) is 0 Å². The smallest absolute Gasteiger partial charge is 0.228 e. The van der Waals surface area contributed by atoms with Gasteiger partial charge in [-0.05, 0) is 48.9 Å². The van der Waals surface area contributed by atoms with Gasteiger partial charge < -0.3 is 10.6 Å². The molecule has 2 aromatic rings. The zero-order valence-electron chi connectivity index (χ0n) is 12.4. The van der Waals surface area contributed by atoms with Gasteiger partial charge in [0.15, 0.2) is 0 Å². The largest absolute Gasteiger partial charge is 0.326 e. The molecule has 7 heteroatoms. The van der Waals surface area contributed by atoms with Gasteiger partial charge in [-0.3, -0.25) is 9.59 Å². The van der Waals surface area contributed by atoms with Crippen LogP contribution in [0.1, 0.15) is 6.42 Å². The average Bonchev–Trinajstić information content (AvgIpc) is 3.33. The van der Waals surface area contributed by atoms with Crippen LogP contribution in [0.4, 0.5) is 15.8 Å². The number of carbonyl (C=O) groups is 2. The van der Waals surface area contributed by atoms with Crippen LogP contribution in [-0.2, 0) is 9.59 Å². The van der Waals surface area contributed by atoms with E-state index in [0.29, 0.717) is 27.8 Å². The first kappa shape index (κ1) is 16.7. The number of carbonyl (C=O) groups excluding carboxylic acids is 2. The Morgan fingerprint density at radius 3 is 2.21 bits per heavy atom. The summed E-state index contributed by atoms with van der Waals surface area (Å²) < 4.78 is 12.8. The van der Waals surface area contributed by atoms with Crippen molar-refractivity contribution in [1.29, 1.82) is 0 Å². The molecule has 2 N–H and O–H groups in total. The van der Waals surface area contributed by atoms with Crippen molar-refractivity contribution in [3.05, 3.63) is 58.3 Å². The molecule has 24 heavy (non-hydrogen) atoms. The Balaban J connectivity index is 1.57. The molecule has 2 amide bonds. The van der Waals surface area contributed by atoms with Crippen molar-refractivity contribution in [2.75, 3.05) is 10.6 Å². The van der Waals surface area contributed by atoms with Crippen molar-refractivity contribution in [2.24, 2.45) is 11.8 Å². The lowest BCUT2D eigenvalue weighted by Gasteiger charge is -2.08. The molecule has 0 aliphatic heterocycles. The van der Waals surface area contributed by atoms with Crippen LogP contribution >= 0.6 is 23.2 Å². The fraction of sp³-hybridized carbons (Fsp3) is 0.176. The second kappa shape index (κ2) is 6.79. The van der Waals surface area contributed by atoms with Crippen LogP contribution in [0.15, 0.2) is 42.5 Å². The molecule has 0 heterocycles. The van der Waals surface area contributed by atoms with Gasteiger partial charge in [0.25, 0.3) is 0 Å². The molecule has 0 aromatic heterocycles. The van der Waals surface area contributed by atoms with Crippen molar-refractivity contribution < 1.29 is 14.0 Å². The summed E-state index contributed by atoms with van der Waals surface area (Å²) in [5, 5.41) is 6.18. The number of hydrogen-bond donors (Lipinski definition) is 2. The van der Waals surface area contributed by atoms with Crippen molar-refractivity contribution in [3.63, 3.8) is 0 Å². The van der Waals surface area contributed by atoms with Crippen molar-refractivity contribution in [1.82, 2.24) is 0 Å². The standard InChI is InChI=1S/C17H13Cl2FN2O2/c18-9-1-6-15(14(19)7-9)22-17(24)13-8-12(13)16(23)21-11-4-2-10(20)3-5-11/h1-7,12-13H,8H2,(H,21,23)(H,22,24). The van der Waals surface area contributed by atoms with E-state index in [1.165, 1.54) is 30.3 Å². The first-order valence-corrected chi connectivity index (χ1v) is 8.02. The van der Waals surface area contributed by atoms with E-state index in [4.69, 9.17) is 23.2 Å². The van der Waals surface area contributed by atoms with Gasteiger partial charge >= 0.3 is 0 Å². The predicted octanol–water partition coefficient (Wildman–Crippen LogP) is 4.35. The third-order valence-electron chi connectivity index (χ3n) is 3.76. The Hall–Kier alpha value is -2.11. The molecule has 2 aromatic carbocycles. The highest BCUT2D eigenvalue weighted by Gasteiger charge is 2.48. The maximum atomic E-state index is 12.8. The van der Waals surface area contributed by atoms with Crippen LogP contribution < -0.4 is 10.6 Å². The number of anilines is 2. The van der Waals surface area contributed by atoms with E-state index < -0.39 is 11.8 Å². The maximum absolute atomic E-state index is 12.8. The summed E-state index contributed by atoms with van der Waals surface area (Å²) in [6.45, 7) is 0. The molecule has 1 aliphatic carbocycles. The van der Waals surface area contributed by atoms with E-state index in [9.17, 15) is 14.0 Å². The second-order valence-corrected chi connectivity index (χ2v) is 6.40. The van der Waals surface area contributed by atoms with Crippen molar-refractivity contribution in [2.45, 2.75) is 6.42 Å². The van der Waals surface area contributed by atoms with E-state index in [2.05, 4.69) is 10.6 Å². The molecule has 3 rings (SSSR count). The Kier molecular flexibility index (Phi) is 4.73. The van der Waals surface area contributed by atoms with Crippen molar-refractivity contribution >= 4 is 46.4 Å². The topological polar surface area (TPSA) is 58.2 Å². The van der Waals surface area contributed by atoms with Crippen LogP contribution in [0.25, 0.3) is 0 Å². The Labute approximate surface area is 148 Å². The third-order valence-corrected chi connectivity index (χ3v) is 4.31. The molecule has 0 radical (unpaired) electrons. The lowest BCUT2D eigenvalue weighted by Crippen LogP contribution is -2.20. The fourth-order valence-electron chi connectivity index (χ4n) is 2.36. The fourth-order valence-corrected chi connectivity index (χ4v) is 2.81. The second-order valence-electron chi connectivity index (χ2n) is 5.56. The number of hydrogen-bond acceptors (Lipinski definition) is 2. The minimum absolute atomic E-state index is 0.260. The normalized spacial score (nSPS) is 18.8. The van der Waals surface area contributed by atoms with Gasteiger partial charge in [-0.25, -0.2) is 4.39 Å². The molecule has 0 saturated heterocycles. The molecule has 0 bridgehead atoms. The van der Waals surface area contributed by atoms with Gasteiger partial charge in [-0.2, -0.15) is 0 Å². The zero-order valence-corrected chi connectivity index (χ0v) is 13.9. The minimum Gasteiger partial charge on any atom is -0.326 e. The highest BCUT2D eigenvalue weighted by Crippen LogP contribution is 2.40. The third kappa shape index (κ3) is 3.86. The molecular weight excluding hydrogens is 354 g/mol. The average molecular weight is 367 g/mol. The number of nitrogens with one attached hydrogen (secondary N) is 2. The summed E-state index contributed by atoms with van der Waals surface area (Å²) in [4.78, 5) is 24.3. The number of amides is 2. The van der Waals surface area contributed by atoms with Gasteiger partial charge in [0.2, 0.25) is 11.8 Å². The van der Waals surface area contributed by atoms with Gasteiger partial charge in [0.1, 0.15) is 5.82 Å². The maximum Gasteiger partial charge on any atom is 0.228 e. The molecule has 1 aliphatic rings. The van der Waals surface area contributed by atoms with E-state index in [1.807, 2.05) is 0 Å². The lowest BCUT2D eigenvalue weighted by atomic mass is 10.2. The molecule has 4 nitrogen and oxygen atoms in total. The van der Waals surface area contributed by atoms with Crippen LogP contribution in [-0.4, -0.2) is 11.8 Å². The number of halogens is 3. The molecule has 2 atom stereocenters. The van der Waals surface area contributed by atoms with Crippen LogP contribution in [0.2, 0.25) is 10.0 Å². The minimum atomic E-state index is -0.405. The van der Waals surface area contributed by atoms with Crippen LogP contribution in [0, 0.1) is 17.7 Å². The van der Waals surface area contributed by atoms with Crippen LogP contribution in [0.5, 0.6) is 0 Å². The van der Waals surface area contributed by atoms with Gasteiger partial charge in [0.05, 0.1) is 22.5 Å². The van der Waals surface area contributed by atoms with E-state index in [-0.39, 0.29) is 17.6 Å². The zero-order chi connectivity index (χ0) is 17.3. The molecular formula is C17H13Cl2FN2O2. The van der Waals surface area contributed by atoms with Crippen molar-refractivity contribution in [3.8, 4) is 0 Å². The lowest BCUT2D eigenvalue weighted by molar-refractivity contribution is -0.122. The SMILES string of the molecule is O=C(Nc1ccc(F)cc1)C1CC1C(=O)Nc1ccc(Cl)cc1Cl. The number of benzene rings is 2. The quantitative estimate of drug-likeness (QED) is 0.844. The predicted molar refractivity (Wildman–Crippen MR) is 91.7 cm³/mol. The summed E-state index contributed by atoms with van der Waals surface area (Å²) >= 11 is 11.8. The Bertz CT molecular complexity index is 796. The molecule has 2 unspecified atom stereocenters. The summed E-state index contributed by atoms with van der Waals surface area (Å²) in [7, 11) is 0. The van der Waals surface area contributed by atoms with E-state index in [0.717, 1.165) is 0 Å². The van der Waals surface area contributed by atoms with Gasteiger partial charge in [-0.15, -0.1) is 0 Å². The molecule has 1 saturated carbocycles. The summed E-state index contributed by atoms with van der Waals surface area (Å²) in [6.07, 6.45) is 0.462. The van der Waals surface area contributed by atoms with E-state index in [1.54, 1.807) is 12.1 Å². The first-order valence-electron chi connectivity index (χ1n) is 7.26. The first-order chi connectivity index (χ1) is 11.4. The Morgan fingerprint density at radius 2 is 1.58 bits per heavy atom. The molecule has 124 valence electrons. The van der Waals surface area contributed by atoms with E-state index >= 15 is 0 Å². The molecule has 1 fully saturated rings. The monoisotopic (exact) mass is 366 g/mol. The highest BCUT2D eigenvalue weighted by molar-refractivity contribution is 6.36. The molecule has 0 spiro atoms. The highest BCUT2D eigenvalue weighted by atomic mass is 35.5. The van der Waals surface area contributed by atoms with Gasteiger partial charge in [0, 0.05) is 10.7 Å².